The van der Waals surface area contributed by atoms with Crippen LogP contribution in [0, 0.1) is 0 Å². The molecular weight excluding hydrogens is 250 g/mol. The van der Waals surface area contributed by atoms with Crippen LogP contribution in [0.3, 0.4) is 0 Å². The quantitative estimate of drug-likeness (QED) is 0.746. The van der Waals surface area contributed by atoms with Crippen molar-refractivity contribution in [1.82, 2.24) is 4.57 Å². The Labute approximate surface area is 107 Å². The van der Waals surface area contributed by atoms with Crippen molar-refractivity contribution in [3.63, 3.8) is 0 Å². The Morgan fingerprint density at radius 2 is 2.11 bits per heavy atom. The number of nitrogens with zero attached hydrogens (tertiary/aromatic N) is 1. The Kier molecular flexibility index (Phi) is 2.43. The van der Waals surface area contributed by atoms with Gasteiger partial charge in [-0.25, -0.2) is 4.79 Å². The largest absolute Gasteiger partial charge is 0.455 e. The number of pyridine rings is 1. The van der Waals surface area contributed by atoms with Crippen LogP contribution in [-0.4, -0.2) is 21.4 Å². The highest BCUT2D eigenvalue weighted by atomic mass is 16.6. The van der Waals surface area contributed by atoms with Gasteiger partial charge in [-0.05, 0) is 12.5 Å². The highest BCUT2D eigenvalue weighted by molar-refractivity contribution is 6.08. The van der Waals surface area contributed by atoms with E-state index in [1.54, 1.807) is 6.92 Å². The van der Waals surface area contributed by atoms with Crippen molar-refractivity contribution < 1.29 is 19.4 Å². The van der Waals surface area contributed by atoms with Gasteiger partial charge in [0.05, 0.1) is 11.3 Å². The third kappa shape index (κ3) is 1.50. The minimum Gasteiger partial charge on any atom is -0.455 e. The van der Waals surface area contributed by atoms with E-state index in [9.17, 15) is 19.5 Å². The molecule has 98 valence electrons. The number of carbonyl (C=O) groups excluding carboxylic acids is 2. The molecule has 6 nitrogen and oxygen atoms in total. The maximum atomic E-state index is 12.3. The molecule has 2 atom stereocenters. The smallest absolute Gasteiger partial charge is 0.340 e. The Bertz CT molecular complexity index is 685. The van der Waals surface area contributed by atoms with Crippen molar-refractivity contribution in [3.05, 3.63) is 39.3 Å². The lowest BCUT2D eigenvalue weighted by Crippen LogP contribution is -2.35. The van der Waals surface area contributed by atoms with Gasteiger partial charge in [-0.2, -0.15) is 0 Å². The standard InChI is InChI=1S/C13H11NO5/c1-2-9-10-6(11(16)13(18)19-9)5-7-8(15)3-4-14(7)12(10)17/h3-5,9,11,16H,2H2,1H3. The summed E-state index contributed by atoms with van der Waals surface area (Å²) >= 11 is 0. The van der Waals surface area contributed by atoms with Gasteiger partial charge in [0.1, 0.15) is 6.10 Å². The van der Waals surface area contributed by atoms with Crippen LogP contribution in [0.2, 0.25) is 0 Å². The molecule has 1 N–H and O–H groups in total. The van der Waals surface area contributed by atoms with E-state index in [-0.39, 0.29) is 22.6 Å². The van der Waals surface area contributed by atoms with Gasteiger partial charge in [-0.15, -0.1) is 0 Å². The summed E-state index contributed by atoms with van der Waals surface area (Å²) in [6.07, 6.45) is 0.899. The fraction of sp³-hybridized carbons (Fsp3) is 0.308. The van der Waals surface area contributed by atoms with Gasteiger partial charge in [-0.3, -0.25) is 14.2 Å². The van der Waals surface area contributed by atoms with Crippen LogP contribution in [0.5, 0.6) is 0 Å². The van der Waals surface area contributed by atoms with Gasteiger partial charge in [0.2, 0.25) is 5.78 Å². The topological polar surface area (TPSA) is 85.6 Å². The third-order valence-electron chi connectivity index (χ3n) is 3.41. The number of fused-ring (bicyclic) bond motifs is 2. The van der Waals surface area contributed by atoms with E-state index in [2.05, 4.69) is 0 Å². The molecule has 1 aromatic heterocycles. The Balaban J connectivity index is 2.33. The van der Waals surface area contributed by atoms with E-state index in [4.69, 9.17) is 4.74 Å². The van der Waals surface area contributed by atoms with Gasteiger partial charge < -0.3 is 9.84 Å². The number of aliphatic hydroxyl groups is 1. The number of aromatic nitrogens is 1. The van der Waals surface area contributed by atoms with Crippen LogP contribution in [0.15, 0.2) is 16.9 Å². The van der Waals surface area contributed by atoms with Crippen molar-refractivity contribution in [2.75, 3.05) is 0 Å². The van der Waals surface area contributed by atoms with Crippen LogP contribution in [0.4, 0.5) is 0 Å². The van der Waals surface area contributed by atoms with Crippen molar-refractivity contribution >= 4 is 18.0 Å². The number of allylic oxidation sites excluding steroid dienone is 1. The van der Waals surface area contributed by atoms with Crippen LogP contribution in [0.1, 0.15) is 47.2 Å². The molecule has 2 aliphatic heterocycles. The summed E-state index contributed by atoms with van der Waals surface area (Å²) in [5.41, 5.74) is 0.162. The number of hydrogen-bond acceptors (Lipinski definition) is 5. The number of esters is 1. The van der Waals surface area contributed by atoms with Crippen molar-refractivity contribution in [3.8, 4) is 0 Å². The molecule has 0 bridgehead atoms. The minimum absolute atomic E-state index is 0.160. The lowest BCUT2D eigenvalue weighted by Gasteiger charge is -2.27. The fourth-order valence-electron chi connectivity index (χ4n) is 2.45. The summed E-state index contributed by atoms with van der Waals surface area (Å²) in [5.74, 6) is -1.11. The summed E-state index contributed by atoms with van der Waals surface area (Å²) in [5, 5.41) is 9.83. The van der Waals surface area contributed by atoms with Crippen LogP contribution in [-0.2, 0) is 9.53 Å². The Hall–Kier alpha value is -2.21. The Morgan fingerprint density at radius 3 is 2.79 bits per heavy atom. The lowest BCUT2D eigenvalue weighted by molar-refractivity contribution is -0.163. The highest BCUT2D eigenvalue weighted by Gasteiger charge is 2.37. The van der Waals surface area contributed by atoms with Gasteiger partial charge in [-0.1, -0.05) is 6.92 Å². The molecule has 0 aliphatic carbocycles. The van der Waals surface area contributed by atoms with E-state index < -0.39 is 23.7 Å². The average Bonchev–Trinajstić information content (AvgIpc) is 2.76. The first-order valence-electron chi connectivity index (χ1n) is 5.95. The number of aliphatic hydroxyl groups excluding tert-OH is 1. The molecule has 0 aromatic carbocycles. The number of carbonyl (C=O) groups is 2. The van der Waals surface area contributed by atoms with Crippen LogP contribution < -0.4 is 5.56 Å². The van der Waals surface area contributed by atoms with E-state index in [1.165, 1.54) is 22.9 Å². The molecule has 1 aromatic rings. The van der Waals surface area contributed by atoms with E-state index in [1.807, 2.05) is 0 Å². The maximum absolute atomic E-state index is 12.3. The summed E-state index contributed by atoms with van der Waals surface area (Å²) in [6.45, 7) is 1.78. The van der Waals surface area contributed by atoms with Gasteiger partial charge in [0.15, 0.2) is 6.10 Å². The number of cyclic esters (lactones) is 1. The van der Waals surface area contributed by atoms with Crippen molar-refractivity contribution in [2.45, 2.75) is 25.6 Å². The summed E-state index contributed by atoms with van der Waals surface area (Å²) in [6, 6.07) is 1.40. The predicted molar refractivity (Wildman–Crippen MR) is 64.4 cm³/mol. The highest BCUT2D eigenvalue weighted by Crippen LogP contribution is 2.34. The molecule has 0 saturated carbocycles. The number of ketones is 1. The molecular formula is C13H11NO5. The normalized spacial score (nSPS) is 24.1. The molecule has 0 fully saturated rings. The molecule has 2 unspecified atom stereocenters. The molecule has 0 amide bonds. The Morgan fingerprint density at radius 1 is 1.37 bits per heavy atom. The average molecular weight is 261 g/mol. The summed E-state index contributed by atoms with van der Waals surface area (Å²) in [7, 11) is 0. The van der Waals surface area contributed by atoms with E-state index >= 15 is 0 Å². The zero-order valence-corrected chi connectivity index (χ0v) is 10.1. The SMILES string of the molecule is CCC1OC(=O)C(O)c2cc3n(c(=O)c21)C=CC3=O. The molecule has 0 saturated heterocycles. The maximum Gasteiger partial charge on any atom is 0.340 e. The lowest BCUT2D eigenvalue weighted by atomic mass is 9.94. The zero-order chi connectivity index (χ0) is 13.7. The minimum atomic E-state index is -1.51. The first-order chi connectivity index (χ1) is 9.04. The van der Waals surface area contributed by atoms with Gasteiger partial charge in [0, 0.05) is 17.8 Å². The zero-order valence-electron chi connectivity index (χ0n) is 10.1. The molecule has 0 spiro atoms. The van der Waals surface area contributed by atoms with E-state index in [0.29, 0.717) is 6.42 Å². The molecule has 0 radical (unpaired) electrons. The first kappa shape index (κ1) is 11.9. The molecule has 19 heavy (non-hydrogen) atoms. The second-order valence-electron chi connectivity index (χ2n) is 4.49. The van der Waals surface area contributed by atoms with Crippen LogP contribution in [0.25, 0.3) is 6.20 Å². The number of rotatable bonds is 1. The van der Waals surface area contributed by atoms with Gasteiger partial charge >= 0.3 is 5.97 Å². The molecule has 2 aliphatic rings. The van der Waals surface area contributed by atoms with E-state index in [0.717, 1.165) is 0 Å². The predicted octanol–water partition coefficient (Wildman–Crippen LogP) is 0.557. The summed E-state index contributed by atoms with van der Waals surface area (Å²) < 4.78 is 6.25. The third-order valence-corrected chi connectivity index (χ3v) is 3.41. The fourth-order valence-corrected chi connectivity index (χ4v) is 2.45. The molecule has 3 rings (SSSR count). The number of ether oxygens (including phenoxy) is 1. The first-order valence-corrected chi connectivity index (χ1v) is 5.95. The van der Waals surface area contributed by atoms with Gasteiger partial charge in [0.25, 0.3) is 5.56 Å². The van der Waals surface area contributed by atoms with Crippen LogP contribution >= 0.6 is 0 Å². The monoisotopic (exact) mass is 261 g/mol. The molecule has 6 heteroatoms. The number of hydrogen-bond donors (Lipinski definition) is 1. The summed E-state index contributed by atoms with van der Waals surface area (Å²) in [4.78, 5) is 35.5. The van der Waals surface area contributed by atoms with Crippen molar-refractivity contribution in [2.24, 2.45) is 0 Å². The van der Waals surface area contributed by atoms with Crippen molar-refractivity contribution in [1.29, 1.82) is 0 Å². The molecule has 3 heterocycles. The second-order valence-corrected chi connectivity index (χ2v) is 4.49. The second kappa shape index (κ2) is 3.89.